The predicted molar refractivity (Wildman–Crippen MR) is 106 cm³/mol. The molecule has 0 aromatic heterocycles. The molecule has 1 amide bonds. The van der Waals surface area contributed by atoms with Crippen LogP contribution in [-0.2, 0) is 36.7 Å². The second-order valence-electron chi connectivity index (χ2n) is 6.34. The molecule has 0 aliphatic heterocycles. The topological polar surface area (TPSA) is 90.9 Å². The third-order valence-electron chi connectivity index (χ3n) is 4.24. The number of ether oxygens (including phenoxy) is 3. The van der Waals surface area contributed by atoms with Gasteiger partial charge in [0.25, 0.3) is 5.91 Å². The Bertz CT molecular complexity index is 804. The van der Waals surface area contributed by atoms with Gasteiger partial charge in [0.05, 0.1) is 14.2 Å². The van der Waals surface area contributed by atoms with Gasteiger partial charge in [-0.1, -0.05) is 42.5 Å². The van der Waals surface area contributed by atoms with Crippen LogP contribution in [0.4, 0.5) is 0 Å². The molecule has 1 atom stereocenters. The molecule has 1 N–H and O–H groups in total. The average molecular weight is 399 g/mol. The molecule has 0 spiro atoms. The first-order chi connectivity index (χ1) is 14.0. The van der Waals surface area contributed by atoms with Crippen molar-refractivity contribution in [2.24, 2.45) is 0 Å². The van der Waals surface area contributed by atoms with Crippen LogP contribution in [0.25, 0.3) is 0 Å². The van der Waals surface area contributed by atoms with Gasteiger partial charge in [-0.15, -0.1) is 0 Å². The highest BCUT2D eigenvalue weighted by Gasteiger charge is 2.22. The highest BCUT2D eigenvalue weighted by atomic mass is 16.5. The molecule has 29 heavy (non-hydrogen) atoms. The normalized spacial score (nSPS) is 11.2. The monoisotopic (exact) mass is 399 g/mol. The van der Waals surface area contributed by atoms with Gasteiger partial charge in [-0.05, 0) is 29.7 Å². The summed E-state index contributed by atoms with van der Waals surface area (Å²) in [5, 5.41) is 2.55. The fourth-order valence-corrected chi connectivity index (χ4v) is 2.68. The zero-order valence-corrected chi connectivity index (χ0v) is 16.6. The summed E-state index contributed by atoms with van der Waals surface area (Å²) in [5.41, 5.74) is 1.83. The number of rotatable bonds is 10. The van der Waals surface area contributed by atoms with Gasteiger partial charge in [-0.3, -0.25) is 9.59 Å². The molecule has 0 radical (unpaired) electrons. The molecule has 0 fully saturated rings. The van der Waals surface area contributed by atoms with Gasteiger partial charge in [-0.2, -0.15) is 0 Å². The van der Waals surface area contributed by atoms with Crippen LogP contribution in [0.15, 0.2) is 54.6 Å². The molecule has 7 heteroatoms. The number of methoxy groups -OCH3 is 2. The standard InChI is InChI=1S/C22H25NO6/c1-27-18-11-8-16(9-12-18)10-13-21(25)29-15-20(24)23-19(22(26)28-2)14-17-6-4-3-5-7-17/h3-9,11-12,19H,10,13-15H2,1-2H3,(H,23,24)/t19-/m1/s1. The molecule has 0 aliphatic rings. The van der Waals surface area contributed by atoms with Crippen LogP contribution >= 0.6 is 0 Å². The van der Waals surface area contributed by atoms with Gasteiger partial charge in [0.15, 0.2) is 6.61 Å². The second-order valence-corrected chi connectivity index (χ2v) is 6.34. The van der Waals surface area contributed by atoms with E-state index in [2.05, 4.69) is 5.32 Å². The number of carbonyl (C=O) groups excluding carboxylic acids is 3. The van der Waals surface area contributed by atoms with Crippen molar-refractivity contribution in [2.45, 2.75) is 25.3 Å². The van der Waals surface area contributed by atoms with Gasteiger partial charge >= 0.3 is 11.9 Å². The molecule has 0 unspecified atom stereocenters. The van der Waals surface area contributed by atoms with Gasteiger partial charge in [0, 0.05) is 12.8 Å². The zero-order chi connectivity index (χ0) is 21.1. The molecule has 2 aromatic carbocycles. The SMILES string of the molecule is COC(=O)[C@@H](Cc1ccccc1)NC(=O)COC(=O)CCc1ccc(OC)cc1. The van der Waals surface area contributed by atoms with E-state index in [4.69, 9.17) is 14.2 Å². The number of aryl methyl sites for hydroxylation is 1. The Morgan fingerprint density at radius 2 is 1.62 bits per heavy atom. The lowest BCUT2D eigenvalue weighted by Crippen LogP contribution is -2.44. The van der Waals surface area contributed by atoms with Crippen LogP contribution in [-0.4, -0.2) is 44.7 Å². The zero-order valence-electron chi connectivity index (χ0n) is 16.6. The van der Waals surface area contributed by atoms with Crippen molar-refractivity contribution in [3.8, 4) is 5.75 Å². The Hall–Kier alpha value is -3.35. The molecule has 0 aliphatic carbocycles. The largest absolute Gasteiger partial charge is 0.497 e. The summed E-state index contributed by atoms with van der Waals surface area (Å²) in [6.45, 7) is -0.455. The molecular formula is C22H25NO6. The highest BCUT2D eigenvalue weighted by Crippen LogP contribution is 2.12. The third kappa shape index (κ3) is 7.65. The molecule has 7 nitrogen and oxygen atoms in total. The molecular weight excluding hydrogens is 374 g/mol. The van der Waals surface area contributed by atoms with Crippen LogP contribution in [0.3, 0.4) is 0 Å². The maximum atomic E-state index is 12.1. The van der Waals surface area contributed by atoms with Gasteiger partial charge in [0.1, 0.15) is 11.8 Å². The van der Waals surface area contributed by atoms with E-state index in [9.17, 15) is 14.4 Å². The lowest BCUT2D eigenvalue weighted by atomic mass is 10.1. The molecule has 2 aromatic rings. The van der Waals surface area contributed by atoms with Crippen LogP contribution < -0.4 is 10.1 Å². The van der Waals surface area contributed by atoms with Gasteiger partial charge in [-0.25, -0.2) is 4.79 Å². The smallest absolute Gasteiger partial charge is 0.328 e. The Morgan fingerprint density at radius 1 is 0.931 bits per heavy atom. The summed E-state index contributed by atoms with van der Waals surface area (Å²) in [6, 6.07) is 15.7. The second kappa shape index (κ2) is 11.5. The Kier molecular flexibility index (Phi) is 8.69. The minimum atomic E-state index is -0.854. The first kappa shape index (κ1) is 21.9. The molecule has 0 saturated carbocycles. The van der Waals surface area contributed by atoms with Crippen LogP contribution in [0.5, 0.6) is 5.75 Å². The minimum absolute atomic E-state index is 0.143. The van der Waals surface area contributed by atoms with Crippen LogP contribution in [0, 0.1) is 0 Å². The first-order valence-electron chi connectivity index (χ1n) is 9.21. The molecule has 2 rings (SSSR count). The van der Waals surface area contributed by atoms with Gasteiger partial charge in [0.2, 0.25) is 0 Å². The highest BCUT2D eigenvalue weighted by molar-refractivity contribution is 5.86. The van der Waals surface area contributed by atoms with E-state index in [1.54, 1.807) is 7.11 Å². The summed E-state index contributed by atoms with van der Waals surface area (Å²) in [5.74, 6) is -0.875. The van der Waals surface area contributed by atoms with E-state index in [0.29, 0.717) is 6.42 Å². The summed E-state index contributed by atoms with van der Waals surface area (Å²) < 4.78 is 14.8. The number of amides is 1. The van der Waals surface area contributed by atoms with Crippen LogP contribution in [0.2, 0.25) is 0 Å². The molecule has 0 bridgehead atoms. The van der Waals surface area contributed by atoms with E-state index >= 15 is 0 Å². The fourth-order valence-electron chi connectivity index (χ4n) is 2.68. The molecule has 154 valence electrons. The maximum Gasteiger partial charge on any atom is 0.328 e. The van der Waals surface area contributed by atoms with Crippen molar-refractivity contribution < 1.29 is 28.6 Å². The lowest BCUT2D eigenvalue weighted by molar-refractivity contribution is -0.150. The van der Waals surface area contributed by atoms with E-state index in [1.165, 1.54) is 7.11 Å². The van der Waals surface area contributed by atoms with Crippen molar-refractivity contribution in [3.05, 3.63) is 65.7 Å². The van der Waals surface area contributed by atoms with E-state index in [1.807, 2.05) is 54.6 Å². The Morgan fingerprint density at radius 3 is 2.24 bits per heavy atom. The Labute approximate surface area is 170 Å². The number of nitrogens with one attached hydrogen (secondary N) is 1. The van der Waals surface area contributed by atoms with Crippen molar-refractivity contribution in [1.29, 1.82) is 0 Å². The van der Waals surface area contributed by atoms with E-state index in [-0.39, 0.29) is 12.8 Å². The molecule has 0 heterocycles. The summed E-state index contributed by atoms with van der Waals surface area (Å²) in [4.78, 5) is 35.9. The lowest BCUT2D eigenvalue weighted by Gasteiger charge is -2.16. The average Bonchev–Trinajstić information content (AvgIpc) is 2.76. The fraction of sp³-hybridized carbons (Fsp3) is 0.318. The first-order valence-corrected chi connectivity index (χ1v) is 9.21. The molecule has 0 saturated heterocycles. The number of hydrogen-bond acceptors (Lipinski definition) is 6. The van der Waals surface area contributed by atoms with Crippen molar-refractivity contribution in [1.82, 2.24) is 5.32 Å². The quantitative estimate of drug-likeness (QED) is 0.615. The van der Waals surface area contributed by atoms with E-state index in [0.717, 1.165) is 16.9 Å². The summed E-state index contributed by atoms with van der Waals surface area (Å²) in [6.07, 6.45) is 0.915. The number of hydrogen-bond donors (Lipinski definition) is 1. The minimum Gasteiger partial charge on any atom is -0.497 e. The number of benzene rings is 2. The van der Waals surface area contributed by atoms with Crippen molar-refractivity contribution >= 4 is 17.8 Å². The summed E-state index contributed by atoms with van der Waals surface area (Å²) in [7, 11) is 2.84. The number of esters is 2. The predicted octanol–water partition coefficient (Wildman–Crippen LogP) is 2.07. The third-order valence-corrected chi connectivity index (χ3v) is 4.24. The van der Waals surface area contributed by atoms with Crippen molar-refractivity contribution in [3.63, 3.8) is 0 Å². The number of carbonyl (C=O) groups is 3. The van der Waals surface area contributed by atoms with Crippen LogP contribution in [0.1, 0.15) is 17.5 Å². The van der Waals surface area contributed by atoms with Crippen molar-refractivity contribution in [2.75, 3.05) is 20.8 Å². The van der Waals surface area contributed by atoms with E-state index < -0.39 is 30.5 Å². The Balaban J connectivity index is 1.78. The summed E-state index contributed by atoms with van der Waals surface area (Å²) >= 11 is 0. The van der Waals surface area contributed by atoms with Gasteiger partial charge < -0.3 is 19.5 Å². The maximum absolute atomic E-state index is 12.1.